The molecule has 0 spiro atoms. The van der Waals surface area contributed by atoms with Gasteiger partial charge in [0.2, 0.25) is 0 Å². The summed E-state index contributed by atoms with van der Waals surface area (Å²) in [6, 6.07) is 0. The first kappa shape index (κ1) is 54.7. The number of ether oxygens (including phenoxy) is 9. The van der Waals surface area contributed by atoms with Gasteiger partial charge in [-0.05, 0) is 125 Å². The minimum absolute atomic E-state index is 0.0671. The highest BCUT2D eigenvalue weighted by Crippen LogP contribution is 2.69. The molecule has 0 amide bonds. The largest absolute Gasteiger partial charge is 0.394 e. The fraction of sp³-hybridized carbons (Fsp3) is 0.961. The molecule has 0 aromatic carbocycles. The topological polar surface area (TPSA) is 306 Å². The second kappa shape index (κ2) is 21.4. The molecule has 1 unspecified atom stereocenters. The van der Waals surface area contributed by atoms with Gasteiger partial charge in [-0.1, -0.05) is 39.3 Å². The van der Waals surface area contributed by atoms with Crippen molar-refractivity contribution in [2.24, 2.45) is 46.3 Å². The number of hydrogen-bond donors (Lipinski definition) is 11. The zero-order valence-electron chi connectivity index (χ0n) is 42.2. The van der Waals surface area contributed by atoms with E-state index in [4.69, 9.17) is 42.6 Å². The fourth-order valence-corrected chi connectivity index (χ4v) is 14.9. The van der Waals surface area contributed by atoms with E-state index in [9.17, 15) is 56.2 Å². The van der Waals surface area contributed by atoms with E-state index in [1.165, 1.54) is 19.4 Å². The summed E-state index contributed by atoms with van der Waals surface area (Å²) in [6.07, 6.45) is -16.8. The molecule has 0 aromatic rings. The molecule has 5 saturated heterocycles. The molecule has 9 aliphatic rings. The molecule has 9 rings (SSSR count). The lowest BCUT2D eigenvalue weighted by molar-refractivity contribution is -0.388. The minimum atomic E-state index is -1.73. The van der Waals surface area contributed by atoms with Crippen LogP contribution in [0.2, 0.25) is 0 Å². The maximum Gasteiger partial charge on any atom is 0.187 e. The van der Waals surface area contributed by atoms with E-state index >= 15 is 0 Å². The highest BCUT2D eigenvalue weighted by molar-refractivity contribution is 5.26. The third-order valence-corrected chi connectivity index (χ3v) is 19.3. The van der Waals surface area contributed by atoms with Gasteiger partial charge in [0.15, 0.2) is 25.2 Å². The molecule has 408 valence electrons. The van der Waals surface area contributed by atoms with Crippen LogP contribution in [0.3, 0.4) is 0 Å². The number of rotatable bonds is 13. The third-order valence-electron chi connectivity index (χ3n) is 19.3. The summed E-state index contributed by atoms with van der Waals surface area (Å²) >= 11 is 0. The maximum atomic E-state index is 12.0. The van der Waals surface area contributed by atoms with Crippen LogP contribution < -0.4 is 0 Å². The molecule has 11 N–H and O–H groups in total. The van der Waals surface area contributed by atoms with Crippen molar-refractivity contribution in [1.82, 2.24) is 0 Å². The molecule has 20 heteroatoms. The molecule has 4 aliphatic carbocycles. The van der Waals surface area contributed by atoms with Crippen LogP contribution in [-0.2, 0) is 42.6 Å². The van der Waals surface area contributed by atoms with E-state index in [0.717, 1.165) is 44.9 Å². The first-order valence-corrected chi connectivity index (χ1v) is 26.5. The number of hydrogen-bond acceptors (Lipinski definition) is 20. The van der Waals surface area contributed by atoms with Gasteiger partial charge in [0.1, 0.15) is 79.4 Å². The second-order valence-electron chi connectivity index (χ2n) is 23.6. The van der Waals surface area contributed by atoms with Gasteiger partial charge >= 0.3 is 0 Å². The van der Waals surface area contributed by atoms with Crippen molar-refractivity contribution < 1.29 is 98.8 Å². The molecule has 5 aliphatic heterocycles. The predicted molar refractivity (Wildman–Crippen MR) is 246 cm³/mol. The molecule has 0 bridgehead atoms. The van der Waals surface area contributed by atoms with Crippen LogP contribution in [0.4, 0.5) is 0 Å². The maximum absolute atomic E-state index is 12.0. The average Bonchev–Trinajstić information content (AvgIpc) is 3.83. The highest BCUT2D eigenvalue weighted by Gasteiger charge is 2.65. The van der Waals surface area contributed by atoms with Gasteiger partial charge in [0.05, 0.1) is 49.8 Å². The molecular weight excluding hydrogens is 933 g/mol. The molecule has 31 atom stereocenters. The number of aliphatic hydroxyl groups excluding tert-OH is 11. The SMILES string of the molecule is C[C@H](CCC1O[C@H]2C[C@H]3[C@@H]4CC=C5C[C@@H](O[C@@H]6O[C@H](CO)[C@@H](O[C@@H]7O[C@@H](C)[C@H](O)[C@@H](O)[C@H]7O)[C@H](O)[C@H]6O[C@@H]6O[C@@H](C)[C@H](O)[C@@H](O)[C@H]6O)CC[C@]5(C)[C@H]4CC[C@]3(C)[C@H]2[C@@H]1C)CO[C@@H]1O[C@@H](C)[C@H](O)[C@@H](O)[C@H]1O. The summed E-state index contributed by atoms with van der Waals surface area (Å²) in [7, 11) is 0. The Hall–Kier alpha value is -1.06. The van der Waals surface area contributed by atoms with Crippen LogP contribution in [0, 0.1) is 46.3 Å². The van der Waals surface area contributed by atoms with E-state index in [0.29, 0.717) is 49.0 Å². The number of aliphatic hydroxyl groups is 11. The van der Waals surface area contributed by atoms with E-state index < -0.39 is 136 Å². The molecule has 5 heterocycles. The van der Waals surface area contributed by atoms with Gasteiger partial charge in [0, 0.05) is 0 Å². The Bertz CT molecular complexity index is 1830. The minimum Gasteiger partial charge on any atom is -0.394 e. The lowest BCUT2D eigenvalue weighted by Gasteiger charge is -2.58. The lowest BCUT2D eigenvalue weighted by atomic mass is 9.47. The van der Waals surface area contributed by atoms with Gasteiger partial charge < -0.3 is 98.8 Å². The van der Waals surface area contributed by atoms with Crippen LogP contribution in [-0.4, -0.2) is 211 Å². The second-order valence-corrected chi connectivity index (χ2v) is 23.6. The summed E-state index contributed by atoms with van der Waals surface area (Å²) in [5, 5.41) is 117. The van der Waals surface area contributed by atoms with Crippen molar-refractivity contribution in [2.45, 2.75) is 247 Å². The first-order valence-electron chi connectivity index (χ1n) is 26.5. The van der Waals surface area contributed by atoms with Crippen molar-refractivity contribution >= 4 is 0 Å². The van der Waals surface area contributed by atoms with Gasteiger partial charge in [-0.2, -0.15) is 0 Å². The van der Waals surface area contributed by atoms with Gasteiger partial charge in [0.25, 0.3) is 0 Å². The fourth-order valence-electron chi connectivity index (χ4n) is 14.9. The Morgan fingerprint density at radius 2 is 1.20 bits per heavy atom. The van der Waals surface area contributed by atoms with E-state index in [1.54, 1.807) is 6.92 Å². The van der Waals surface area contributed by atoms with Crippen molar-refractivity contribution in [3.8, 4) is 0 Å². The van der Waals surface area contributed by atoms with Crippen LogP contribution in [0.25, 0.3) is 0 Å². The normalized spacial score (nSPS) is 55.7. The van der Waals surface area contributed by atoms with Crippen molar-refractivity contribution in [3.05, 3.63) is 11.6 Å². The number of fused-ring (bicyclic) bond motifs is 7. The van der Waals surface area contributed by atoms with Crippen LogP contribution in [0.5, 0.6) is 0 Å². The summed E-state index contributed by atoms with van der Waals surface area (Å²) < 4.78 is 55.2. The summed E-state index contributed by atoms with van der Waals surface area (Å²) in [5.41, 5.74) is 1.40. The van der Waals surface area contributed by atoms with Crippen LogP contribution in [0.15, 0.2) is 11.6 Å². The Labute approximate surface area is 416 Å². The molecule has 0 aromatic heterocycles. The summed E-state index contributed by atoms with van der Waals surface area (Å²) in [4.78, 5) is 0. The Morgan fingerprint density at radius 1 is 0.620 bits per heavy atom. The Kier molecular flexibility index (Phi) is 16.5. The summed E-state index contributed by atoms with van der Waals surface area (Å²) in [6.45, 7) is 13.7. The van der Waals surface area contributed by atoms with Gasteiger partial charge in [-0.15, -0.1) is 0 Å². The van der Waals surface area contributed by atoms with Crippen LogP contribution in [0.1, 0.15) is 106 Å². The molecule has 8 fully saturated rings. The van der Waals surface area contributed by atoms with Crippen molar-refractivity contribution in [2.75, 3.05) is 13.2 Å². The van der Waals surface area contributed by atoms with Gasteiger partial charge in [-0.25, -0.2) is 0 Å². The zero-order valence-corrected chi connectivity index (χ0v) is 42.2. The molecule has 20 nitrogen and oxygen atoms in total. The number of allylic oxidation sites excluding steroid dienone is 1. The zero-order chi connectivity index (χ0) is 51.2. The van der Waals surface area contributed by atoms with E-state index in [1.807, 2.05) is 0 Å². The van der Waals surface area contributed by atoms with Crippen molar-refractivity contribution in [1.29, 1.82) is 0 Å². The average molecular weight is 1020 g/mol. The lowest BCUT2D eigenvalue weighted by Crippen LogP contribution is -2.66. The Balaban J connectivity index is 0.840. The molecular formula is C51H84O20. The Morgan fingerprint density at radius 3 is 1.80 bits per heavy atom. The van der Waals surface area contributed by atoms with E-state index in [2.05, 4.69) is 33.8 Å². The van der Waals surface area contributed by atoms with Crippen LogP contribution >= 0.6 is 0 Å². The van der Waals surface area contributed by atoms with Gasteiger partial charge in [-0.3, -0.25) is 0 Å². The quantitative estimate of drug-likeness (QED) is 0.106. The predicted octanol–water partition coefficient (Wildman–Crippen LogP) is -0.272. The molecule has 3 saturated carbocycles. The van der Waals surface area contributed by atoms with Crippen molar-refractivity contribution in [3.63, 3.8) is 0 Å². The molecule has 71 heavy (non-hydrogen) atoms. The first-order chi connectivity index (χ1) is 33.6. The third kappa shape index (κ3) is 9.98. The standard InChI is InChI=1S/C51H84O20/c1-20(19-63-46-40(59)37(56)34(53)22(3)64-46)8-11-30-21(2)33-31(68-30)17-29-27-10-9-25-16-26(12-14-50(25,6)28(27)13-15-51(29,33)7)67-49-45(71-48-42(61)39(58)36(55)24(5)66-48)43(62)44(32(18-52)69-49)70-47-41(60)38(57)35(54)23(4)65-47/h9,20-24,26-49,52-62H,8,10-19H2,1-7H3/t20-,21-,22+,23+,24+,26+,27-,28+,29+,30?,31+,32-,33+,34+,35+,36+,37-,38-,39-,40-,41-,42-,43+,44-,45-,46-,47+,48+,49-,50+,51+/m1/s1. The summed E-state index contributed by atoms with van der Waals surface area (Å²) in [5.74, 6) is 2.52. The monoisotopic (exact) mass is 1020 g/mol. The molecule has 0 radical (unpaired) electrons. The highest BCUT2D eigenvalue weighted by atomic mass is 16.8. The smallest absolute Gasteiger partial charge is 0.187 e. The van der Waals surface area contributed by atoms with E-state index in [-0.39, 0.29) is 29.0 Å².